The molecule has 0 aromatic carbocycles. The lowest BCUT2D eigenvalue weighted by atomic mass is 9.90. The van der Waals surface area contributed by atoms with Gasteiger partial charge in [0.05, 0.1) is 12.8 Å². The fourth-order valence-corrected chi connectivity index (χ4v) is 2.49. The first-order valence-electron chi connectivity index (χ1n) is 6.61. The van der Waals surface area contributed by atoms with E-state index >= 15 is 0 Å². The zero-order valence-electron chi connectivity index (χ0n) is 10.9. The number of aromatic nitrogens is 2. The Labute approximate surface area is 103 Å². The van der Waals surface area contributed by atoms with Gasteiger partial charge in [-0.2, -0.15) is 5.10 Å². The first kappa shape index (κ1) is 12.6. The van der Waals surface area contributed by atoms with Gasteiger partial charge in [-0.3, -0.25) is 4.68 Å². The molecule has 1 aromatic heterocycles. The summed E-state index contributed by atoms with van der Waals surface area (Å²) in [4.78, 5) is 0. The molecule has 4 heteroatoms. The minimum absolute atomic E-state index is 0.393. The SMILES string of the molecule is CCCNC(c1cnn(C)c1)C1CCCOC1. The van der Waals surface area contributed by atoms with Crippen molar-refractivity contribution in [3.63, 3.8) is 0 Å². The van der Waals surface area contributed by atoms with Crippen LogP contribution in [0, 0.1) is 5.92 Å². The summed E-state index contributed by atoms with van der Waals surface area (Å²) in [6.07, 6.45) is 7.67. The maximum Gasteiger partial charge on any atom is 0.0537 e. The molecule has 0 aliphatic carbocycles. The summed E-state index contributed by atoms with van der Waals surface area (Å²) in [5.41, 5.74) is 1.29. The number of hydrogen-bond donors (Lipinski definition) is 1. The van der Waals surface area contributed by atoms with Gasteiger partial charge in [-0.25, -0.2) is 0 Å². The first-order chi connectivity index (χ1) is 8.31. The van der Waals surface area contributed by atoms with E-state index in [4.69, 9.17) is 4.74 Å². The minimum Gasteiger partial charge on any atom is -0.381 e. The normalized spacial score (nSPS) is 22.6. The molecule has 2 rings (SSSR count). The van der Waals surface area contributed by atoms with Crippen molar-refractivity contribution in [3.8, 4) is 0 Å². The second-order valence-corrected chi connectivity index (χ2v) is 4.86. The number of rotatable bonds is 5. The summed E-state index contributed by atoms with van der Waals surface area (Å²) >= 11 is 0. The highest BCUT2D eigenvalue weighted by Crippen LogP contribution is 2.28. The summed E-state index contributed by atoms with van der Waals surface area (Å²) < 4.78 is 7.48. The van der Waals surface area contributed by atoms with Gasteiger partial charge in [-0.05, 0) is 25.8 Å². The second kappa shape index (κ2) is 6.17. The van der Waals surface area contributed by atoms with E-state index in [0.29, 0.717) is 12.0 Å². The summed E-state index contributed by atoms with van der Waals surface area (Å²) in [7, 11) is 1.97. The molecule has 2 heterocycles. The van der Waals surface area contributed by atoms with Crippen molar-refractivity contribution >= 4 is 0 Å². The van der Waals surface area contributed by atoms with E-state index < -0.39 is 0 Å². The number of ether oxygens (including phenoxy) is 1. The third kappa shape index (κ3) is 3.30. The maximum atomic E-state index is 5.60. The number of hydrogen-bond acceptors (Lipinski definition) is 3. The van der Waals surface area contributed by atoms with Crippen LogP contribution in [0.4, 0.5) is 0 Å². The number of nitrogens with zero attached hydrogens (tertiary/aromatic N) is 2. The van der Waals surface area contributed by atoms with E-state index in [1.807, 2.05) is 17.9 Å². The van der Waals surface area contributed by atoms with Crippen molar-refractivity contribution in [1.29, 1.82) is 0 Å². The van der Waals surface area contributed by atoms with E-state index in [2.05, 4.69) is 23.5 Å². The lowest BCUT2D eigenvalue weighted by Gasteiger charge is -2.30. The molecule has 1 fully saturated rings. The summed E-state index contributed by atoms with van der Waals surface area (Å²) in [6, 6.07) is 0.393. The average Bonchev–Trinajstić information content (AvgIpc) is 2.78. The lowest BCUT2D eigenvalue weighted by Crippen LogP contribution is -2.33. The van der Waals surface area contributed by atoms with Crippen molar-refractivity contribution in [2.75, 3.05) is 19.8 Å². The molecular weight excluding hydrogens is 214 g/mol. The highest BCUT2D eigenvalue weighted by Gasteiger charge is 2.25. The van der Waals surface area contributed by atoms with Crippen LogP contribution in [-0.2, 0) is 11.8 Å². The smallest absolute Gasteiger partial charge is 0.0537 e. The fraction of sp³-hybridized carbons (Fsp3) is 0.769. The molecule has 1 N–H and O–H groups in total. The first-order valence-corrected chi connectivity index (χ1v) is 6.61. The lowest BCUT2D eigenvalue weighted by molar-refractivity contribution is 0.0390. The Morgan fingerprint density at radius 3 is 3.12 bits per heavy atom. The van der Waals surface area contributed by atoms with E-state index in [-0.39, 0.29) is 0 Å². The fourth-order valence-electron chi connectivity index (χ4n) is 2.49. The largest absolute Gasteiger partial charge is 0.381 e. The predicted octanol–water partition coefficient (Wildman–Crippen LogP) is 1.89. The Bertz CT molecular complexity index is 331. The molecule has 2 atom stereocenters. The molecule has 1 aliphatic rings. The molecule has 17 heavy (non-hydrogen) atoms. The Kier molecular flexibility index (Phi) is 4.57. The monoisotopic (exact) mass is 237 g/mol. The minimum atomic E-state index is 0.393. The predicted molar refractivity (Wildman–Crippen MR) is 67.8 cm³/mol. The van der Waals surface area contributed by atoms with E-state index in [1.165, 1.54) is 18.4 Å². The third-order valence-electron chi connectivity index (χ3n) is 3.37. The number of nitrogens with one attached hydrogen (secondary N) is 1. The van der Waals surface area contributed by atoms with Gasteiger partial charge in [0.1, 0.15) is 0 Å². The molecule has 0 spiro atoms. The van der Waals surface area contributed by atoms with Gasteiger partial charge in [0.25, 0.3) is 0 Å². The van der Waals surface area contributed by atoms with Crippen molar-refractivity contribution in [1.82, 2.24) is 15.1 Å². The van der Waals surface area contributed by atoms with Crippen LogP contribution < -0.4 is 5.32 Å². The standard InChI is InChI=1S/C13H23N3O/c1-3-6-14-13(11-5-4-7-17-10-11)12-8-15-16(2)9-12/h8-9,11,13-14H,3-7,10H2,1-2H3. The average molecular weight is 237 g/mol. The van der Waals surface area contributed by atoms with Gasteiger partial charge < -0.3 is 10.1 Å². The van der Waals surface area contributed by atoms with Crippen molar-refractivity contribution < 1.29 is 4.74 Å². The highest BCUT2D eigenvalue weighted by molar-refractivity contribution is 5.12. The van der Waals surface area contributed by atoms with E-state index in [0.717, 1.165) is 26.2 Å². The van der Waals surface area contributed by atoms with Crippen LogP contribution >= 0.6 is 0 Å². The Balaban J connectivity index is 2.06. The van der Waals surface area contributed by atoms with Crippen LogP contribution in [-0.4, -0.2) is 29.5 Å². The zero-order valence-corrected chi connectivity index (χ0v) is 10.9. The molecule has 2 unspecified atom stereocenters. The molecule has 96 valence electrons. The molecule has 0 radical (unpaired) electrons. The van der Waals surface area contributed by atoms with E-state index in [1.54, 1.807) is 0 Å². The van der Waals surface area contributed by atoms with Gasteiger partial charge in [0.15, 0.2) is 0 Å². The highest BCUT2D eigenvalue weighted by atomic mass is 16.5. The number of aryl methyl sites for hydroxylation is 1. The molecule has 1 aromatic rings. The van der Waals surface area contributed by atoms with Gasteiger partial charge in [-0.15, -0.1) is 0 Å². The second-order valence-electron chi connectivity index (χ2n) is 4.86. The summed E-state index contributed by atoms with van der Waals surface area (Å²) in [5, 5.41) is 7.91. The van der Waals surface area contributed by atoms with Crippen LogP contribution in [0.25, 0.3) is 0 Å². The molecule has 1 aliphatic heterocycles. The van der Waals surface area contributed by atoms with Crippen LogP contribution in [0.15, 0.2) is 12.4 Å². The zero-order chi connectivity index (χ0) is 12.1. The van der Waals surface area contributed by atoms with Crippen LogP contribution in [0.2, 0.25) is 0 Å². The topological polar surface area (TPSA) is 39.1 Å². The molecule has 0 bridgehead atoms. The molecule has 4 nitrogen and oxygen atoms in total. The van der Waals surface area contributed by atoms with Crippen molar-refractivity contribution in [2.24, 2.45) is 13.0 Å². The Morgan fingerprint density at radius 1 is 1.65 bits per heavy atom. The van der Waals surface area contributed by atoms with Gasteiger partial charge in [-0.1, -0.05) is 6.92 Å². The molecule has 0 amide bonds. The van der Waals surface area contributed by atoms with Crippen molar-refractivity contribution in [3.05, 3.63) is 18.0 Å². The third-order valence-corrected chi connectivity index (χ3v) is 3.37. The summed E-state index contributed by atoms with van der Waals surface area (Å²) in [6.45, 7) is 5.04. The van der Waals surface area contributed by atoms with Crippen LogP contribution in [0.1, 0.15) is 37.8 Å². The molecular formula is C13H23N3O. The van der Waals surface area contributed by atoms with Crippen LogP contribution in [0.3, 0.4) is 0 Å². The summed E-state index contributed by atoms with van der Waals surface area (Å²) in [5.74, 6) is 0.583. The van der Waals surface area contributed by atoms with Gasteiger partial charge >= 0.3 is 0 Å². The quantitative estimate of drug-likeness (QED) is 0.850. The Hall–Kier alpha value is -0.870. The van der Waals surface area contributed by atoms with E-state index in [9.17, 15) is 0 Å². The van der Waals surface area contributed by atoms with Crippen molar-refractivity contribution in [2.45, 2.75) is 32.2 Å². The van der Waals surface area contributed by atoms with Gasteiger partial charge in [0, 0.05) is 37.4 Å². The molecule has 1 saturated heterocycles. The van der Waals surface area contributed by atoms with Crippen LogP contribution in [0.5, 0.6) is 0 Å². The maximum absolute atomic E-state index is 5.60. The Morgan fingerprint density at radius 2 is 2.53 bits per heavy atom. The molecule has 0 saturated carbocycles. The van der Waals surface area contributed by atoms with Gasteiger partial charge in [0.2, 0.25) is 0 Å².